The molecular weight excluding hydrogens is 106 g/mol. The average Bonchev–Trinajstić information content (AvgIpc) is 1.62. The Balaban J connectivity index is 2.00. The van der Waals surface area contributed by atoms with Crippen molar-refractivity contribution in [2.24, 2.45) is 0 Å². The molecule has 1 heterocycles. The van der Waals surface area contributed by atoms with Gasteiger partial charge in [0.2, 0.25) is 0 Å². The number of hydrogen-bond donors (Lipinski definition) is 0. The summed E-state index contributed by atoms with van der Waals surface area (Å²) < 4.78 is 9.92. The van der Waals surface area contributed by atoms with Crippen molar-refractivity contribution in [3.63, 3.8) is 0 Å². The topological polar surface area (TPSA) is 32.6 Å². The predicted molar refractivity (Wildman–Crippen MR) is 28.6 cm³/mol. The van der Waals surface area contributed by atoms with E-state index in [2.05, 4.69) is 5.32 Å². The van der Waals surface area contributed by atoms with Crippen molar-refractivity contribution < 1.29 is 9.47 Å². The van der Waals surface area contributed by atoms with Gasteiger partial charge in [-0.3, -0.25) is 0 Å². The van der Waals surface area contributed by atoms with E-state index >= 15 is 0 Å². The van der Waals surface area contributed by atoms with Crippen molar-refractivity contribution >= 4 is 0 Å². The Morgan fingerprint density at radius 3 is 2.25 bits per heavy atom. The van der Waals surface area contributed by atoms with Gasteiger partial charge in [-0.25, -0.2) is 5.32 Å². The molecule has 0 spiro atoms. The van der Waals surface area contributed by atoms with Crippen molar-refractivity contribution in [2.45, 2.75) is 0 Å². The lowest BCUT2D eigenvalue weighted by molar-refractivity contribution is -0.0613. The minimum absolute atomic E-state index is 0.440. The molecule has 0 N–H and O–H groups in total. The predicted octanol–water partition coefficient (Wildman–Crippen LogP) is -0.405. The Bertz CT molecular complexity index is 34.4. The van der Waals surface area contributed by atoms with Gasteiger partial charge in [0.1, 0.15) is 6.79 Å². The van der Waals surface area contributed by atoms with Crippen LogP contribution >= 0.6 is 0 Å². The maximum Gasteiger partial charge on any atom is 0.146 e. The normalized spacial score (nSPS) is 24.0. The zero-order valence-electron chi connectivity index (χ0n) is 4.80. The second kappa shape index (κ2) is 3.83. The van der Waals surface area contributed by atoms with Gasteiger partial charge in [-0.1, -0.05) is 0 Å². The van der Waals surface area contributed by atoms with Gasteiger partial charge in [-0.05, 0) is 0 Å². The van der Waals surface area contributed by atoms with Gasteiger partial charge < -0.3 is 9.47 Å². The highest BCUT2D eigenvalue weighted by molar-refractivity contribution is 4.44. The molecule has 0 aromatic carbocycles. The fourth-order valence-corrected chi connectivity index (χ4v) is 0.547. The van der Waals surface area contributed by atoms with Crippen molar-refractivity contribution in [1.29, 1.82) is 0 Å². The molecule has 1 aliphatic heterocycles. The lowest BCUT2D eigenvalue weighted by atomic mass is 10.6. The van der Waals surface area contributed by atoms with Crippen LogP contribution < -0.4 is 5.32 Å². The molecule has 1 rings (SSSR count). The Labute approximate surface area is 49.0 Å². The van der Waals surface area contributed by atoms with Crippen LogP contribution in [0.15, 0.2) is 0 Å². The summed E-state index contributed by atoms with van der Waals surface area (Å²) in [6.45, 7) is 3.50. The zero-order chi connectivity index (χ0) is 5.66. The molecule has 0 aromatic heterocycles. The van der Waals surface area contributed by atoms with Crippen LogP contribution in [0.2, 0.25) is 0 Å². The molecule has 0 aromatic rings. The molecule has 0 atom stereocenters. The highest BCUT2D eigenvalue weighted by atomic mass is 16.7. The Morgan fingerprint density at radius 2 is 1.62 bits per heavy atom. The molecule has 3 nitrogen and oxygen atoms in total. The first-order valence-electron chi connectivity index (χ1n) is 2.79. The van der Waals surface area contributed by atoms with Crippen LogP contribution in [0.5, 0.6) is 0 Å². The van der Waals surface area contributed by atoms with Crippen LogP contribution in [-0.2, 0) is 9.47 Å². The van der Waals surface area contributed by atoms with Gasteiger partial charge in [0.05, 0.1) is 13.2 Å². The van der Waals surface area contributed by atoms with Crippen LogP contribution in [0.1, 0.15) is 0 Å². The standard InChI is InChI=1S/C5H10NO2/c1-3-7-5-8-4-2-6-1/h1-5H2. The summed E-state index contributed by atoms with van der Waals surface area (Å²) in [5.74, 6) is 0. The Hall–Kier alpha value is -0.120. The van der Waals surface area contributed by atoms with Gasteiger partial charge >= 0.3 is 0 Å². The third-order valence-corrected chi connectivity index (χ3v) is 0.954. The summed E-state index contributed by atoms with van der Waals surface area (Å²) in [6, 6.07) is 0. The molecule has 1 saturated heterocycles. The number of rotatable bonds is 0. The van der Waals surface area contributed by atoms with Gasteiger partial charge in [-0.2, -0.15) is 0 Å². The first-order valence-corrected chi connectivity index (χ1v) is 2.79. The molecular formula is C5H10NO2. The van der Waals surface area contributed by atoms with Gasteiger partial charge in [0, 0.05) is 13.1 Å². The smallest absolute Gasteiger partial charge is 0.146 e. The summed E-state index contributed by atoms with van der Waals surface area (Å²) in [7, 11) is 0. The summed E-state index contributed by atoms with van der Waals surface area (Å²) >= 11 is 0. The first kappa shape index (κ1) is 6.01. The van der Waals surface area contributed by atoms with E-state index in [1.54, 1.807) is 0 Å². The van der Waals surface area contributed by atoms with Gasteiger partial charge in [0.25, 0.3) is 0 Å². The molecule has 1 aliphatic rings. The first-order chi connectivity index (χ1) is 4.00. The third kappa shape index (κ3) is 2.26. The summed E-state index contributed by atoms with van der Waals surface area (Å²) in [5, 5.41) is 4.08. The van der Waals surface area contributed by atoms with E-state index in [1.807, 2.05) is 0 Å². The van der Waals surface area contributed by atoms with E-state index in [9.17, 15) is 0 Å². The van der Waals surface area contributed by atoms with E-state index < -0.39 is 0 Å². The fraction of sp³-hybridized carbons (Fsp3) is 1.00. The maximum absolute atomic E-state index is 4.96. The lowest BCUT2D eigenvalue weighted by Crippen LogP contribution is -2.22. The highest BCUT2D eigenvalue weighted by Crippen LogP contribution is 1.81. The van der Waals surface area contributed by atoms with Crippen molar-refractivity contribution in [3.8, 4) is 0 Å². The Kier molecular flexibility index (Phi) is 2.88. The molecule has 47 valence electrons. The van der Waals surface area contributed by atoms with Crippen LogP contribution in [0.3, 0.4) is 0 Å². The zero-order valence-corrected chi connectivity index (χ0v) is 4.80. The molecule has 0 aliphatic carbocycles. The number of hydrogen-bond acceptors (Lipinski definition) is 2. The summed E-state index contributed by atoms with van der Waals surface area (Å²) in [6.07, 6.45) is 0. The van der Waals surface area contributed by atoms with Gasteiger partial charge in [0.15, 0.2) is 0 Å². The second-order valence-electron chi connectivity index (χ2n) is 1.61. The van der Waals surface area contributed by atoms with Crippen molar-refractivity contribution in [3.05, 3.63) is 0 Å². The van der Waals surface area contributed by atoms with Gasteiger partial charge in [-0.15, -0.1) is 0 Å². The fourth-order valence-electron chi connectivity index (χ4n) is 0.547. The molecule has 3 heteroatoms. The van der Waals surface area contributed by atoms with Crippen LogP contribution in [-0.4, -0.2) is 33.1 Å². The van der Waals surface area contributed by atoms with Crippen molar-refractivity contribution in [2.75, 3.05) is 33.1 Å². The quantitative estimate of drug-likeness (QED) is 0.431. The molecule has 8 heavy (non-hydrogen) atoms. The second-order valence-corrected chi connectivity index (χ2v) is 1.61. The Morgan fingerprint density at radius 1 is 1.00 bits per heavy atom. The monoisotopic (exact) mass is 116 g/mol. The third-order valence-electron chi connectivity index (χ3n) is 0.954. The van der Waals surface area contributed by atoms with Crippen LogP contribution in [0.25, 0.3) is 0 Å². The minimum Gasteiger partial charge on any atom is -0.354 e. The SMILES string of the molecule is C1COCOCC[N]1. The summed E-state index contributed by atoms with van der Waals surface area (Å²) in [5.41, 5.74) is 0. The minimum atomic E-state index is 0.440. The molecule has 0 saturated carbocycles. The molecule has 0 amide bonds. The molecule has 1 radical (unpaired) electrons. The average molecular weight is 116 g/mol. The van der Waals surface area contributed by atoms with E-state index in [4.69, 9.17) is 9.47 Å². The maximum atomic E-state index is 4.96. The van der Waals surface area contributed by atoms with E-state index in [0.717, 1.165) is 13.1 Å². The largest absolute Gasteiger partial charge is 0.354 e. The van der Waals surface area contributed by atoms with E-state index in [0.29, 0.717) is 20.0 Å². The lowest BCUT2D eigenvalue weighted by Gasteiger charge is -2.09. The van der Waals surface area contributed by atoms with Crippen LogP contribution in [0.4, 0.5) is 0 Å². The number of nitrogens with zero attached hydrogens (tertiary/aromatic N) is 1. The van der Waals surface area contributed by atoms with E-state index in [-0.39, 0.29) is 0 Å². The van der Waals surface area contributed by atoms with Crippen LogP contribution in [0, 0.1) is 0 Å². The van der Waals surface area contributed by atoms with Crippen molar-refractivity contribution in [1.82, 2.24) is 5.32 Å². The van der Waals surface area contributed by atoms with E-state index in [1.165, 1.54) is 0 Å². The summed E-state index contributed by atoms with van der Waals surface area (Å²) in [4.78, 5) is 0. The molecule has 1 fully saturated rings. The highest BCUT2D eigenvalue weighted by Gasteiger charge is 1.94. The molecule has 0 unspecified atom stereocenters. The number of ether oxygens (including phenoxy) is 2. The molecule has 0 bridgehead atoms.